The Morgan fingerprint density at radius 1 is 1.13 bits per heavy atom. The van der Waals surface area contributed by atoms with Crippen molar-refractivity contribution in [2.75, 3.05) is 20.2 Å². The zero-order valence-corrected chi connectivity index (χ0v) is 14.7. The SMILES string of the molecule is COc1cc(B2OC(C)(C)C(C)(C)O2)ccc1C1=CCNCC1. The van der Waals surface area contributed by atoms with Crippen LogP contribution < -0.4 is 15.5 Å². The summed E-state index contributed by atoms with van der Waals surface area (Å²) in [6, 6.07) is 6.25. The molecule has 0 atom stereocenters. The van der Waals surface area contributed by atoms with Gasteiger partial charge in [-0.3, -0.25) is 0 Å². The zero-order valence-electron chi connectivity index (χ0n) is 14.7. The van der Waals surface area contributed by atoms with E-state index in [2.05, 4.69) is 51.2 Å². The van der Waals surface area contributed by atoms with Crippen LogP contribution in [0.4, 0.5) is 0 Å². The normalized spacial score (nSPS) is 22.8. The summed E-state index contributed by atoms with van der Waals surface area (Å²) in [6.45, 7) is 10.2. The lowest BCUT2D eigenvalue weighted by atomic mass is 9.78. The third kappa shape index (κ3) is 3.05. The topological polar surface area (TPSA) is 39.7 Å². The fraction of sp³-hybridized carbons (Fsp3) is 0.556. The molecule has 2 aliphatic heterocycles. The van der Waals surface area contributed by atoms with Crippen molar-refractivity contribution < 1.29 is 14.0 Å². The standard InChI is InChI=1S/C18H26BNO3/c1-17(2)18(3,4)23-19(22-17)14-6-7-15(16(12-14)21-5)13-8-10-20-11-9-13/h6-8,12,20H,9-11H2,1-5H3. The lowest BCUT2D eigenvalue weighted by Crippen LogP contribution is -2.41. The second-order valence-electron chi connectivity index (χ2n) is 7.23. The van der Waals surface area contributed by atoms with Gasteiger partial charge in [-0.05, 0) is 57.8 Å². The number of hydrogen-bond acceptors (Lipinski definition) is 4. The highest BCUT2D eigenvalue weighted by molar-refractivity contribution is 6.62. The number of rotatable bonds is 3. The third-order valence-electron chi connectivity index (χ3n) is 5.16. The van der Waals surface area contributed by atoms with Crippen molar-refractivity contribution in [1.29, 1.82) is 0 Å². The predicted molar refractivity (Wildman–Crippen MR) is 94.2 cm³/mol. The Morgan fingerprint density at radius 2 is 1.83 bits per heavy atom. The Morgan fingerprint density at radius 3 is 2.39 bits per heavy atom. The lowest BCUT2D eigenvalue weighted by Gasteiger charge is -2.32. The van der Waals surface area contributed by atoms with Crippen LogP contribution in [0.1, 0.15) is 39.7 Å². The van der Waals surface area contributed by atoms with Crippen molar-refractivity contribution in [3.05, 3.63) is 29.8 Å². The Bertz CT molecular complexity index is 609. The quantitative estimate of drug-likeness (QED) is 0.870. The summed E-state index contributed by atoms with van der Waals surface area (Å²) in [5.74, 6) is 0.880. The molecular formula is C18H26BNO3. The highest BCUT2D eigenvalue weighted by atomic mass is 16.7. The number of ether oxygens (including phenoxy) is 1. The number of nitrogens with one attached hydrogen (secondary N) is 1. The van der Waals surface area contributed by atoms with Gasteiger partial charge in [-0.2, -0.15) is 0 Å². The first kappa shape index (κ1) is 16.6. The summed E-state index contributed by atoms with van der Waals surface area (Å²) in [6.07, 6.45) is 3.25. The van der Waals surface area contributed by atoms with Crippen LogP contribution in [0.3, 0.4) is 0 Å². The molecule has 0 spiro atoms. The number of hydrogen-bond donors (Lipinski definition) is 1. The van der Waals surface area contributed by atoms with E-state index in [0.29, 0.717) is 0 Å². The molecule has 1 aromatic carbocycles. The first-order chi connectivity index (χ1) is 10.8. The van der Waals surface area contributed by atoms with E-state index in [-0.39, 0.29) is 18.3 Å². The van der Waals surface area contributed by atoms with Crippen LogP contribution in [0, 0.1) is 0 Å². The molecule has 0 amide bonds. The average molecular weight is 315 g/mol. The highest BCUT2D eigenvalue weighted by Gasteiger charge is 2.51. The third-order valence-corrected chi connectivity index (χ3v) is 5.16. The molecule has 0 saturated carbocycles. The van der Waals surface area contributed by atoms with Gasteiger partial charge in [0.1, 0.15) is 5.75 Å². The minimum absolute atomic E-state index is 0.332. The summed E-state index contributed by atoms with van der Waals surface area (Å²) < 4.78 is 17.9. The lowest BCUT2D eigenvalue weighted by molar-refractivity contribution is 0.00578. The smallest absolute Gasteiger partial charge is 0.494 e. The fourth-order valence-corrected chi connectivity index (χ4v) is 2.97. The van der Waals surface area contributed by atoms with Gasteiger partial charge < -0.3 is 19.4 Å². The summed E-state index contributed by atoms with van der Waals surface area (Å²) in [5, 5.41) is 3.34. The Labute approximate surface area is 139 Å². The molecule has 23 heavy (non-hydrogen) atoms. The fourth-order valence-electron chi connectivity index (χ4n) is 2.97. The van der Waals surface area contributed by atoms with E-state index in [0.717, 1.165) is 36.3 Å². The molecule has 0 radical (unpaired) electrons. The van der Waals surface area contributed by atoms with E-state index in [9.17, 15) is 0 Å². The molecule has 1 saturated heterocycles. The predicted octanol–water partition coefficient (Wildman–Crippen LogP) is 2.37. The van der Waals surface area contributed by atoms with Crippen LogP contribution in [0.5, 0.6) is 5.75 Å². The molecular weight excluding hydrogens is 289 g/mol. The first-order valence-corrected chi connectivity index (χ1v) is 8.28. The second-order valence-corrected chi connectivity index (χ2v) is 7.23. The van der Waals surface area contributed by atoms with Crippen molar-refractivity contribution in [3.8, 4) is 5.75 Å². The van der Waals surface area contributed by atoms with Crippen LogP contribution in [-0.2, 0) is 9.31 Å². The van der Waals surface area contributed by atoms with Gasteiger partial charge in [-0.25, -0.2) is 0 Å². The Balaban J connectivity index is 1.90. The Hall–Kier alpha value is -1.30. The average Bonchev–Trinajstić information content (AvgIpc) is 2.75. The van der Waals surface area contributed by atoms with Crippen LogP contribution in [0.25, 0.3) is 5.57 Å². The molecule has 2 heterocycles. The van der Waals surface area contributed by atoms with Gasteiger partial charge in [0.25, 0.3) is 0 Å². The summed E-state index contributed by atoms with van der Waals surface area (Å²) in [7, 11) is 1.36. The van der Waals surface area contributed by atoms with Gasteiger partial charge in [0, 0.05) is 12.1 Å². The molecule has 0 aliphatic carbocycles. The van der Waals surface area contributed by atoms with Crippen LogP contribution in [-0.4, -0.2) is 38.5 Å². The van der Waals surface area contributed by atoms with Crippen molar-refractivity contribution in [2.45, 2.75) is 45.3 Å². The van der Waals surface area contributed by atoms with Crippen LogP contribution in [0.2, 0.25) is 0 Å². The molecule has 0 unspecified atom stereocenters. The summed E-state index contributed by atoms with van der Waals surface area (Å²) >= 11 is 0. The van der Waals surface area contributed by atoms with Crippen LogP contribution in [0.15, 0.2) is 24.3 Å². The molecule has 5 heteroatoms. The van der Waals surface area contributed by atoms with Crippen molar-refractivity contribution >= 4 is 18.2 Å². The molecule has 1 fully saturated rings. The van der Waals surface area contributed by atoms with Crippen molar-refractivity contribution in [2.24, 2.45) is 0 Å². The highest BCUT2D eigenvalue weighted by Crippen LogP contribution is 2.37. The summed E-state index contributed by atoms with van der Waals surface area (Å²) in [4.78, 5) is 0. The van der Waals surface area contributed by atoms with Gasteiger partial charge in [0.15, 0.2) is 0 Å². The molecule has 2 aliphatic rings. The minimum Gasteiger partial charge on any atom is -0.496 e. The molecule has 1 aromatic rings. The van der Waals surface area contributed by atoms with E-state index in [1.807, 2.05) is 6.07 Å². The zero-order chi connectivity index (χ0) is 16.7. The maximum absolute atomic E-state index is 6.13. The molecule has 4 nitrogen and oxygen atoms in total. The second kappa shape index (κ2) is 5.97. The van der Waals surface area contributed by atoms with Gasteiger partial charge >= 0.3 is 7.12 Å². The maximum atomic E-state index is 6.13. The largest absolute Gasteiger partial charge is 0.496 e. The molecule has 124 valence electrons. The van der Waals surface area contributed by atoms with Crippen LogP contribution >= 0.6 is 0 Å². The molecule has 1 N–H and O–H groups in total. The van der Waals surface area contributed by atoms with E-state index < -0.39 is 0 Å². The molecule has 0 bridgehead atoms. The first-order valence-electron chi connectivity index (χ1n) is 8.28. The van der Waals surface area contributed by atoms with Gasteiger partial charge in [-0.1, -0.05) is 18.2 Å². The number of benzene rings is 1. The monoisotopic (exact) mass is 315 g/mol. The minimum atomic E-state index is -0.357. The van der Waals surface area contributed by atoms with E-state index in [1.54, 1.807) is 7.11 Å². The van der Waals surface area contributed by atoms with E-state index in [4.69, 9.17) is 14.0 Å². The van der Waals surface area contributed by atoms with Crippen molar-refractivity contribution in [1.82, 2.24) is 5.32 Å². The van der Waals surface area contributed by atoms with Gasteiger partial charge in [0.2, 0.25) is 0 Å². The molecule has 3 rings (SSSR count). The van der Waals surface area contributed by atoms with Gasteiger partial charge in [0.05, 0.1) is 18.3 Å². The van der Waals surface area contributed by atoms with Crippen molar-refractivity contribution in [3.63, 3.8) is 0 Å². The van der Waals surface area contributed by atoms with E-state index in [1.165, 1.54) is 5.57 Å². The van der Waals surface area contributed by atoms with Gasteiger partial charge in [-0.15, -0.1) is 0 Å². The maximum Gasteiger partial charge on any atom is 0.494 e. The summed E-state index contributed by atoms with van der Waals surface area (Å²) in [5.41, 5.74) is 2.83. The number of methoxy groups -OCH3 is 1. The Kier molecular flexibility index (Phi) is 4.30. The van der Waals surface area contributed by atoms with E-state index >= 15 is 0 Å². The molecule has 0 aromatic heterocycles.